The number of carbonyl (C=O) groups excluding carboxylic acids is 1. The topological polar surface area (TPSA) is 17.1 Å². The van der Waals surface area contributed by atoms with E-state index in [4.69, 9.17) is 0 Å². The minimum absolute atomic E-state index is 0.295. The first-order valence-corrected chi connectivity index (χ1v) is 8.84. The molecule has 0 aromatic heterocycles. The van der Waals surface area contributed by atoms with Crippen LogP contribution in [0.2, 0.25) is 0 Å². The third-order valence-electron chi connectivity index (χ3n) is 5.24. The maximum atomic E-state index is 10.6. The molecule has 0 N–H and O–H groups in total. The Balaban J connectivity index is 2.23. The molecule has 2 rings (SSSR count). The van der Waals surface area contributed by atoms with Crippen LogP contribution in [0.1, 0.15) is 66.2 Å². The predicted molar refractivity (Wildman–Crippen MR) is 99.3 cm³/mol. The van der Waals surface area contributed by atoms with E-state index in [-0.39, 0.29) is 0 Å². The molecule has 2 aliphatic rings. The molecule has 0 saturated carbocycles. The van der Waals surface area contributed by atoms with Gasteiger partial charge >= 0.3 is 0 Å². The Morgan fingerprint density at radius 2 is 1.91 bits per heavy atom. The van der Waals surface area contributed by atoms with Crippen LogP contribution in [-0.2, 0) is 4.79 Å². The molecule has 0 aromatic rings. The van der Waals surface area contributed by atoms with Crippen LogP contribution in [0.4, 0.5) is 0 Å². The molecule has 23 heavy (non-hydrogen) atoms. The Morgan fingerprint density at radius 3 is 2.61 bits per heavy atom. The van der Waals surface area contributed by atoms with Crippen molar-refractivity contribution in [3.8, 4) is 0 Å². The number of allylic oxidation sites excluding steroid dienone is 10. The first kappa shape index (κ1) is 17.7. The van der Waals surface area contributed by atoms with Gasteiger partial charge in [0.05, 0.1) is 0 Å². The van der Waals surface area contributed by atoms with Gasteiger partial charge in [-0.25, -0.2) is 0 Å². The SMILES string of the molecule is CC1=C(/C=C/C(C)=C2/C=CC(=CC=O)CCC2)C(C)(C)CCC1. The Hall–Kier alpha value is -1.63. The number of hydrogen-bond donors (Lipinski definition) is 0. The number of rotatable bonds is 3. The van der Waals surface area contributed by atoms with Crippen LogP contribution < -0.4 is 0 Å². The average molecular weight is 310 g/mol. The summed E-state index contributed by atoms with van der Waals surface area (Å²) >= 11 is 0. The summed E-state index contributed by atoms with van der Waals surface area (Å²) in [7, 11) is 0. The Kier molecular flexibility index (Phi) is 5.98. The minimum atomic E-state index is 0.295. The van der Waals surface area contributed by atoms with Crippen molar-refractivity contribution in [1.29, 1.82) is 0 Å². The average Bonchev–Trinajstić information content (AvgIpc) is 2.72. The molecule has 0 unspecified atom stereocenters. The van der Waals surface area contributed by atoms with E-state index in [0.717, 1.165) is 31.1 Å². The molecule has 0 fully saturated rings. The lowest BCUT2D eigenvalue weighted by molar-refractivity contribution is -0.104. The summed E-state index contributed by atoms with van der Waals surface area (Å²) in [4.78, 5) is 10.6. The van der Waals surface area contributed by atoms with Gasteiger partial charge in [-0.1, -0.05) is 43.7 Å². The zero-order chi connectivity index (χ0) is 16.9. The highest BCUT2D eigenvalue weighted by Crippen LogP contribution is 2.40. The Morgan fingerprint density at radius 1 is 1.13 bits per heavy atom. The van der Waals surface area contributed by atoms with E-state index in [2.05, 4.69) is 52.0 Å². The van der Waals surface area contributed by atoms with Crippen molar-refractivity contribution in [3.63, 3.8) is 0 Å². The summed E-state index contributed by atoms with van der Waals surface area (Å²) in [6.45, 7) is 9.21. The summed E-state index contributed by atoms with van der Waals surface area (Å²) in [6, 6.07) is 0. The van der Waals surface area contributed by atoms with Crippen molar-refractivity contribution in [3.05, 3.63) is 58.2 Å². The van der Waals surface area contributed by atoms with E-state index in [1.807, 2.05) is 0 Å². The molecule has 0 amide bonds. The van der Waals surface area contributed by atoms with Gasteiger partial charge in [-0.15, -0.1) is 0 Å². The molecule has 2 aliphatic carbocycles. The highest BCUT2D eigenvalue weighted by molar-refractivity contribution is 5.67. The molecule has 0 heterocycles. The second-order valence-electron chi connectivity index (χ2n) is 7.54. The third kappa shape index (κ3) is 4.67. The fourth-order valence-corrected chi connectivity index (χ4v) is 3.74. The molecule has 0 spiro atoms. The van der Waals surface area contributed by atoms with Crippen molar-refractivity contribution >= 4 is 6.29 Å². The zero-order valence-corrected chi connectivity index (χ0v) is 15.1. The summed E-state index contributed by atoms with van der Waals surface area (Å²) in [5.41, 5.74) is 7.23. The molecular formula is C22H30O. The van der Waals surface area contributed by atoms with E-state index in [0.29, 0.717) is 5.41 Å². The van der Waals surface area contributed by atoms with Crippen LogP contribution in [0.15, 0.2) is 58.2 Å². The lowest BCUT2D eigenvalue weighted by Gasteiger charge is -2.33. The van der Waals surface area contributed by atoms with Crippen LogP contribution in [0.5, 0.6) is 0 Å². The maximum Gasteiger partial charge on any atom is 0.143 e. The van der Waals surface area contributed by atoms with E-state index in [1.165, 1.54) is 36.0 Å². The van der Waals surface area contributed by atoms with Crippen molar-refractivity contribution < 1.29 is 4.79 Å². The van der Waals surface area contributed by atoms with Crippen LogP contribution in [0.25, 0.3) is 0 Å². The normalized spacial score (nSPS) is 25.8. The highest BCUT2D eigenvalue weighted by Gasteiger charge is 2.26. The summed E-state index contributed by atoms with van der Waals surface area (Å²) in [6.07, 6.45) is 18.5. The van der Waals surface area contributed by atoms with Gasteiger partial charge in [-0.05, 0) is 86.2 Å². The van der Waals surface area contributed by atoms with E-state index in [1.54, 1.807) is 11.6 Å². The fourth-order valence-electron chi connectivity index (χ4n) is 3.74. The quantitative estimate of drug-likeness (QED) is 0.444. The lowest BCUT2D eigenvalue weighted by Crippen LogP contribution is -2.19. The van der Waals surface area contributed by atoms with Crippen molar-refractivity contribution in [1.82, 2.24) is 0 Å². The first-order chi connectivity index (χ1) is 10.9. The third-order valence-corrected chi connectivity index (χ3v) is 5.24. The van der Waals surface area contributed by atoms with Crippen LogP contribution in [0.3, 0.4) is 0 Å². The summed E-state index contributed by atoms with van der Waals surface area (Å²) in [5, 5.41) is 0. The Bertz CT molecular complexity index is 606. The van der Waals surface area contributed by atoms with Crippen molar-refractivity contribution in [2.45, 2.75) is 66.2 Å². The molecule has 0 aliphatic heterocycles. The van der Waals surface area contributed by atoms with Crippen LogP contribution in [0, 0.1) is 5.41 Å². The smallest absolute Gasteiger partial charge is 0.143 e. The molecule has 124 valence electrons. The van der Waals surface area contributed by atoms with Gasteiger partial charge in [-0.3, -0.25) is 4.79 Å². The van der Waals surface area contributed by atoms with Gasteiger partial charge in [0.2, 0.25) is 0 Å². The zero-order valence-electron chi connectivity index (χ0n) is 15.1. The Labute approximate surface area is 141 Å². The minimum Gasteiger partial charge on any atom is -0.299 e. The summed E-state index contributed by atoms with van der Waals surface area (Å²) < 4.78 is 0. The molecular weight excluding hydrogens is 280 g/mol. The van der Waals surface area contributed by atoms with Crippen LogP contribution >= 0.6 is 0 Å². The standard InChI is InChI=1S/C22H30O/c1-17(20-9-5-8-19(11-12-20)14-16-23)10-13-21-18(2)7-6-15-22(21,3)4/h10-14,16H,5-9,15H2,1-4H3/b13-10+,19-14?,20-17+. The maximum absolute atomic E-state index is 10.6. The van der Waals surface area contributed by atoms with Gasteiger partial charge < -0.3 is 0 Å². The van der Waals surface area contributed by atoms with Gasteiger partial charge in [0.25, 0.3) is 0 Å². The number of aldehydes is 1. The van der Waals surface area contributed by atoms with Crippen LogP contribution in [-0.4, -0.2) is 6.29 Å². The molecule has 1 heteroatoms. The largest absolute Gasteiger partial charge is 0.299 e. The van der Waals surface area contributed by atoms with Gasteiger partial charge in [0.1, 0.15) is 6.29 Å². The van der Waals surface area contributed by atoms with Gasteiger partial charge in [0.15, 0.2) is 0 Å². The molecule has 0 radical (unpaired) electrons. The molecule has 0 aromatic carbocycles. The van der Waals surface area contributed by atoms with E-state index >= 15 is 0 Å². The molecule has 1 nitrogen and oxygen atoms in total. The second kappa shape index (κ2) is 7.77. The van der Waals surface area contributed by atoms with Gasteiger partial charge in [-0.2, -0.15) is 0 Å². The number of carbonyl (C=O) groups is 1. The lowest BCUT2D eigenvalue weighted by atomic mass is 9.72. The van der Waals surface area contributed by atoms with E-state index < -0.39 is 0 Å². The van der Waals surface area contributed by atoms with Crippen molar-refractivity contribution in [2.24, 2.45) is 5.41 Å². The molecule has 0 atom stereocenters. The second-order valence-corrected chi connectivity index (χ2v) is 7.54. The fraction of sp³-hybridized carbons (Fsp3) is 0.500. The van der Waals surface area contributed by atoms with E-state index in [9.17, 15) is 4.79 Å². The van der Waals surface area contributed by atoms with Crippen molar-refractivity contribution in [2.75, 3.05) is 0 Å². The first-order valence-electron chi connectivity index (χ1n) is 8.84. The molecule has 0 saturated heterocycles. The monoisotopic (exact) mass is 310 g/mol. The number of hydrogen-bond acceptors (Lipinski definition) is 1. The highest BCUT2D eigenvalue weighted by atomic mass is 16.1. The van der Waals surface area contributed by atoms with Gasteiger partial charge in [0, 0.05) is 0 Å². The summed E-state index contributed by atoms with van der Waals surface area (Å²) in [5.74, 6) is 0. The predicted octanol–water partition coefficient (Wildman–Crippen LogP) is 6.25. The molecule has 0 bridgehead atoms.